The largest absolute Gasteiger partial charge is 0.484 e. The average Bonchev–Trinajstić information content (AvgIpc) is 2.67. The second-order valence-corrected chi connectivity index (χ2v) is 8.22. The number of ether oxygens (including phenoxy) is 4. The maximum absolute atomic E-state index is 12.4. The number of halogens is 1. The summed E-state index contributed by atoms with van der Waals surface area (Å²) in [5.41, 5.74) is 0. The van der Waals surface area contributed by atoms with Crippen molar-refractivity contribution in [2.24, 2.45) is 0 Å². The van der Waals surface area contributed by atoms with Crippen LogP contribution in [0.2, 0.25) is 5.02 Å². The van der Waals surface area contributed by atoms with Crippen LogP contribution in [0.5, 0.6) is 23.0 Å². The third-order valence-electron chi connectivity index (χ3n) is 4.14. The molecule has 0 amide bonds. The number of hydrogen-bond acceptors (Lipinski definition) is 6. The number of hydrogen-bond donors (Lipinski definition) is 0. The van der Waals surface area contributed by atoms with E-state index in [0.29, 0.717) is 28.6 Å². The van der Waals surface area contributed by atoms with Gasteiger partial charge in [-0.1, -0.05) is 25.4 Å². The monoisotopic (exact) mass is 450 g/mol. The van der Waals surface area contributed by atoms with Crippen LogP contribution in [-0.2, 0) is 9.59 Å². The molecule has 0 aliphatic carbocycles. The molecule has 0 heterocycles. The van der Waals surface area contributed by atoms with Gasteiger partial charge in [0.25, 0.3) is 0 Å². The number of fused-ring (bicyclic) bond motifs is 1. The van der Waals surface area contributed by atoms with Crippen molar-refractivity contribution < 1.29 is 28.5 Å². The van der Waals surface area contributed by atoms with Crippen molar-refractivity contribution >= 4 is 34.3 Å². The summed E-state index contributed by atoms with van der Waals surface area (Å²) in [6.45, 7) is 11.2. The van der Waals surface area contributed by atoms with E-state index in [2.05, 4.69) is 0 Å². The van der Waals surface area contributed by atoms with E-state index in [9.17, 15) is 9.59 Å². The van der Waals surface area contributed by atoms with Crippen molar-refractivity contribution in [1.82, 2.24) is 0 Å². The smallest absolute Gasteiger partial charge is 0.311 e. The molecule has 6 nitrogen and oxygen atoms in total. The molecule has 0 saturated carbocycles. The van der Waals surface area contributed by atoms with E-state index >= 15 is 0 Å². The van der Waals surface area contributed by atoms with Gasteiger partial charge in [0.15, 0.2) is 11.5 Å². The fraction of sp³-hybridized carbons (Fsp3) is 0.500. The zero-order valence-electron chi connectivity index (χ0n) is 19.0. The van der Waals surface area contributed by atoms with Crippen LogP contribution in [-0.4, -0.2) is 24.1 Å². The highest BCUT2D eigenvalue weighted by Gasteiger charge is 2.29. The minimum atomic E-state index is -0.399. The van der Waals surface area contributed by atoms with Gasteiger partial charge < -0.3 is 18.9 Å². The first-order valence-electron chi connectivity index (χ1n) is 10.7. The highest BCUT2D eigenvalue weighted by Crippen LogP contribution is 2.52. The highest BCUT2D eigenvalue weighted by molar-refractivity contribution is 6.31. The quantitative estimate of drug-likeness (QED) is 0.305. The lowest BCUT2D eigenvalue weighted by molar-refractivity contribution is -0.135. The zero-order valence-corrected chi connectivity index (χ0v) is 19.8. The Bertz CT molecular complexity index is 936. The maximum atomic E-state index is 12.4. The summed E-state index contributed by atoms with van der Waals surface area (Å²) in [4.78, 5) is 24.8. The standard InChI is InChI=1S/C24H31ClO6/c1-7-9-19(26)30-21-17-12-11-16(25)13-18(17)22(31-20(27)10-8-2)24(29-15(5)6)23(21)28-14(3)4/h11-15H,7-10H2,1-6H3. The molecule has 0 aromatic heterocycles. The predicted molar refractivity (Wildman–Crippen MR) is 122 cm³/mol. The Hall–Kier alpha value is -2.47. The van der Waals surface area contributed by atoms with Crippen LogP contribution in [0.15, 0.2) is 18.2 Å². The normalized spacial score (nSPS) is 11.1. The summed E-state index contributed by atoms with van der Waals surface area (Å²) in [6.07, 6.45) is 1.28. The van der Waals surface area contributed by atoms with Gasteiger partial charge in [-0.3, -0.25) is 9.59 Å². The Labute approximate surface area is 188 Å². The van der Waals surface area contributed by atoms with Crippen LogP contribution in [0.4, 0.5) is 0 Å². The molecule has 7 heteroatoms. The first-order chi connectivity index (χ1) is 14.7. The van der Waals surface area contributed by atoms with Crippen molar-refractivity contribution in [2.45, 2.75) is 79.4 Å². The van der Waals surface area contributed by atoms with Crippen molar-refractivity contribution in [3.63, 3.8) is 0 Å². The molecule has 31 heavy (non-hydrogen) atoms. The second-order valence-electron chi connectivity index (χ2n) is 7.79. The Morgan fingerprint density at radius 3 is 1.65 bits per heavy atom. The molecule has 2 aromatic rings. The van der Waals surface area contributed by atoms with Crippen molar-refractivity contribution in [3.8, 4) is 23.0 Å². The van der Waals surface area contributed by atoms with Gasteiger partial charge in [-0.15, -0.1) is 0 Å². The Morgan fingerprint density at radius 2 is 1.23 bits per heavy atom. The lowest BCUT2D eigenvalue weighted by Crippen LogP contribution is -2.16. The minimum Gasteiger partial charge on any atom is -0.484 e. The molecule has 2 rings (SSSR count). The maximum Gasteiger partial charge on any atom is 0.311 e. The Kier molecular flexibility index (Phi) is 8.99. The molecule has 0 spiro atoms. The number of esters is 2. The minimum absolute atomic E-state index is 0.204. The van der Waals surface area contributed by atoms with E-state index in [-0.39, 0.29) is 48.0 Å². The molecular formula is C24H31ClO6. The summed E-state index contributed by atoms with van der Waals surface area (Å²) >= 11 is 6.26. The van der Waals surface area contributed by atoms with E-state index in [0.717, 1.165) is 0 Å². The van der Waals surface area contributed by atoms with Crippen LogP contribution >= 0.6 is 11.6 Å². The topological polar surface area (TPSA) is 71.1 Å². The molecule has 170 valence electrons. The van der Waals surface area contributed by atoms with Gasteiger partial charge in [0, 0.05) is 28.6 Å². The van der Waals surface area contributed by atoms with Gasteiger partial charge in [-0.25, -0.2) is 0 Å². The Balaban J connectivity index is 2.88. The van der Waals surface area contributed by atoms with E-state index in [1.807, 2.05) is 41.5 Å². The van der Waals surface area contributed by atoms with Crippen molar-refractivity contribution in [2.75, 3.05) is 0 Å². The van der Waals surface area contributed by atoms with E-state index < -0.39 is 11.9 Å². The van der Waals surface area contributed by atoms with E-state index in [1.54, 1.807) is 18.2 Å². The molecule has 0 unspecified atom stereocenters. The van der Waals surface area contributed by atoms with Crippen LogP contribution in [0.1, 0.15) is 67.2 Å². The zero-order chi connectivity index (χ0) is 23.1. The molecule has 0 aliphatic rings. The molecule has 0 N–H and O–H groups in total. The fourth-order valence-corrected chi connectivity index (χ4v) is 3.15. The van der Waals surface area contributed by atoms with Gasteiger partial charge in [0.1, 0.15) is 0 Å². The lowest BCUT2D eigenvalue weighted by Gasteiger charge is -2.24. The molecule has 2 aromatic carbocycles. The SMILES string of the molecule is CCCC(=O)Oc1c(OC(C)C)c(OC(C)C)c(OC(=O)CCC)c2cc(Cl)ccc12. The molecule has 0 atom stereocenters. The van der Waals surface area contributed by atoms with Gasteiger partial charge in [0.2, 0.25) is 11.5 Å². The Morgan fingerprint density at radius 1 is 0.774 bits per heavy atom. The van der Waals surface area contributed by atoms with Gasteiger partial charge in [-0.2, -0.15) is 0 Å². The van der Waals surface area contributed by atoms with Crippen LogP contribution in [0, 0.1) is 0 Å². The molecular weight excluding hydrogens is 420 g/mol. The van der Waals surface area contributed by atoms with Crippen LogP contribution in [0.25, 0.3) is 10.8 Å². The third-order valence-corrected chi connectivity index (χ3v) is 4.37. The summed E-state index contributed by atoms with van der Waals surface area (Å²) in [6, 6.07) is 5.06. The number of benzene rings is 2. The summed E-state index contributed by atoms with van der Waals surface area (Å²) < 4.78 is 23.6. The summed E-state index contributed by atoms with van der Waals surface area (Å²) in [7, 11) is 0. The predicted octanol–water partition coefficient (Wildman–Crippen LogP) is 6.48. The van der Waals surface area contributed by atoms with Gasteiger partial charge in [0.05, 0.1) is 12.2 Å². The van der Waals surface area contributed by atoms with E-state index in [4.69, 9.17) is 30.5 Å². The van der Waals surface area contributed by atoms with E-state index in [1.165, 1.54) is 0 Å². The summed E-state index contributed by atoms with van der Waals surface area (Å²) in [5, 5.41) is 1.49. The first kappa shape index (κ1) is 24.8. The number of carbonyl (C=O) groups excluding carboxylic acids is 2. The molecule has 0 bridgehead atoms. The second kappa shape index (κ2) is 11.2. The molecule has 0 aliphatic heterocycles. The lowest BCUT2D eigenvalue weighted by atomic mass is 10.1. The molecule has 0 saturated heterocycles. The van der Waals surface area contributed by atoms with Crippen molar-refractivity contribution in [1.29, 1.82) is 0 Å². The fourth-order valence-electron chi connectivity index (χ4n) is 2.98. The molecule has 0 radical (unpaired) electrons. The first-order valence-corrected chi connectivity index (χ1v) is 11.1. The van der Waals surface area contributed by atoms with Crippen LogP contribution in [0.3, 0.4) is 0 Å². The summed E-state index contributed by atoms with van der Waals surface area (Å²) in [5.74, 6) is 0.0760. The number of carbonyl (C=O) groups is 2. The van der Waals surface area contributed by atoms with Gasteiger partial charge >= 0.3 is 11.9 Å². The van der Waals surface area contributed by atoms with Crippen molar-refractivity contribution in [3.05, 3.63) is 23.2 Å². The van der Waals surface area contributed by atoms with Crippen LogP contribution < -0.4 is 18.9 Å². The number of rotatable bonds is 10. The third kappa shape index (κ3) is 6.50. The average molecular weight is 451 g/mol. The highest BCUT2D eigenvalue weighted by atomic mass is 35.5. The molecule has 0 fully saturated rings. The van der Waals surface area contributed by atoms with Gasteiger partial charge in [-0.05, 0) is 58.7 Å².